The van der Waals surface area contributed by atoms with Crippen LogP contribution in [0.15, 0.2) is 24.3 Å². The van der Waals surface area contributed by atoms with Crippen molar-refractivity contribution in [2.24, 2.45) is 5.73 Å². The van der Waals surface area contributed by atoms with Crippen molar-refractivity contribution < 1.29 is 14.0 Å². The second-order valence-electron chi connectivity index (χ2n) is 4.11. The highest BCUT2D eigenvalue weighted by molar-refractivity contribution is 5.83. The first-order chi connectivity index (χ1) is 8.51. The maximum Gasteiger partial charge on any atom is 0.231 e. The van der Waals surface area contributed by atoms with Crippen LogP contribution in [0.25, 0.3) is 0 Å². The summed E-state index contributed by atoms with van der Waals surface area (Å²) in [4.78, 5) is 24.2. The molecule has 1 amide bonds. The van der Waals surface area contributed by atoms with Gasteiger partial charge in [-0.05, 0) is 24.2 Å². The Bertz CT molecular complexity index is 418. The van der Waals surface area contributed by atoms with Gasteiger partial charge in [0.15, 0.2) is 5.78 Å². The lowest BCUT2D eigenvalue weighted by molar-refractivity contribution is -0.122. The summed E-state index contributed by atoms with van der Waals surface area (Å²) in [7, 11) is 0. The predicted molar refractivity (Wildman–Crippen MR) is 66.4 cm³/mol. The molecule has 2 N–H and O–H groups in total. The average Bonchev–Trinajstić information content (AvgIpc) is 2.30. The number of nitrogens with zero attached hydrogens (tertiary/aromatic N) is 1. The van der Waals surface area contributed by atoms with Gasteiger partial charge in [0.2, 0.25) is 5.91 Å². The first-order valence-corrected chi connectivity index (χ1v) is 5.78. The van der Waals surface area contributed by atoms with E-state index in [1.165, 1.54) is 12.1 Å². The van der Waals surface area contributed by atoms with E-state index < -0.39 is 5.91 Å². The van der Waals surface area contributed by atoms with Gasteiger partial charge in [0.05, 0.1) is 13.1 Å². The van der Waals surface area contributed by atoms with Crippen LogP contribution in [-0.2, 0) is 16.0 Å². The van der Waals surface area contributed by atoms with E-state index in [2.05, 4.69) is 0 Å². The first-order valence-electron chi connectivity index (χ1n) is 5.78. The van der Waals surface area contributed by atoms with Crippen molar-refractivity contribution in [1.82, 2.24) is 4.90 Å². The Morgan fingerprint density at radius 2 is 1.83 bits per heavy atom. The number of amides is 1. The molecule has 1 aromatic carbocycles. The molecule has 0 saturated heterocycles. The van der Waals surface area contributed by atoms with Crippen molar-refractivity contribution in [3.8, 4) is 0 Å². The van der Waals surface area contributed by atoms with E-state index in [9.17, 15) is 14.0 Å². The van der Waals surface area contributed by atoms with Crippen LogP contribution >= 0.6 is 0 Å². The molecular weight excluding hydrogens is 235 g/mol. The van der Waals surface area contributed by atoms with Gasteiger partial charge < -0.3 is 5.73 Å². The second-order valence-corrected chi connectivity index (χ2v) is 4.11. The summed E-state index contributed by atoms with van der Waals surface area (Å²) in [6.45, 7) is 2.69. The van der Waals surface area contributed by atoms with Gasteiger partial charge in [0.1, 0.15) is 5.82 Å². The molecule has 0 fully saturated rings. The fraction of sp³-hybridized carbons (Fsp3) is 0.385. The Hall–Kier alpha value is -1.75. The van der Waals surface area contributed by atoms with Crippen molar-refractivity contribution in [2.75, 3.05) is 19.6 Å². The lowest BCUT2D eigenvalue weighted by Gasteiger charge is -2.17. The largest absolute Gasteiger partial charge is 0.369 e. The zero-order valence-corrected chi connectivity index (χ0v) is 10.4. The van der Waals surface area contributed by atoms with E-state index in [4.69, 9.17) is 5.73 Å². The standard InChI is InChI=1S/C13H17FN2O2/c1-2-16(9-13(15)18)8-12(17)7-10-3-5-11(14)6-4-10/h3-6H,2,7-9H2,1H3,(H2,15,18). The van der Waals surface area contributed by atoms with Crippen LogP contribution in [0.1, 0.15) is 12.5 Å². The Kier molecular flexibility index (Phi) is 5.45. The molecule has 0 atom stereocenters. The molecule has 18 heavy (non-hydrogen) atoms. The number of ketones is 1. The predicted octanol–water partition coefficient (Wildman–Crippen LogP) is 0.744. The third-order valence-corrected chi connectivity index (χ3v) is 2.54. The third-order valence-electron chi connectivity index (χ3n) is 2.54. The van der Waals surface area contributed by atoms with Gasteiger partial charge in [-0.15, -0.1) is 0 Å². The average molecular weight is 252 g/mol. The molecule has 0 spiro atoms. The fourth-order valence-corrected chi connectivity index (χ4v) is 1.64. The summed E-state index contributed by atoms with van der Waals surface area (Å²) < 4.78 is 12.7. The molecule has 0 radical (unpaired) electrons. The maximum absolute atomic E-state index is 12.7. The number of halogens is 1. The van der Waals surface area contributed by atoms with Crippen molar-refractivity contribution in [3.05, 3.63) is 35.6 Å². The zero-order valence-electron chi connectivity index (χ0n) is 10.4. The van der Waals surface area contributed by atoms with Crippen LogP contribution in [0, 0.1) is 5.82 Å². The molecule has 1 rings (SSSR count). The molecule has 4 nitrogen and oxygen atoms in total. The van der Waals surface area contributed by atoms with Crippen LogP contribution in [-0.4, -0.2) is 36.2 Å². The highest BCUT2D eigenvalue weighted by Gasteiger charge is 2.11. The van der Waals surface area contributed by atoms with E-state index in [1.54, 1.807) is 17.0 Å². The summed E-state index contributed by atoms with van der Waals surface area (Å²) in [5, 5.41) is 0. The Morgan fingerprint density at radius 1 is 1.22 bits per heavy atom. The summed E-state index contributed by atoms with van der Waals surface area (Å²) in [6, 6.07) is 5.81. The Labute approximate surface area is 106 Å². The molecule has 5 heteroatoms. The lowest BCUT2D eigenvalue weighted by Crippen LogP contribution is -2.37. The fourth-order valence-electron chi connectivity index (χ4n) is 1.64. The molecule has 98 valence electrons. The maximum atomic E-state index is 12.7. The number of rotatable bonds is 7. The molecule has 0 aliphatic heterocycles. The molecule has 0 saturated carbocycles. The van der Waals surface area contributed by atoms with Gasteiger partial charge in [-0.25, -0.2) is 4.39 Å². The second kappa shape index (κ2) is 6.86. The topological polar surface area (TPSA) is 63.4 Å². The van der Waals surface area contributed by atoms with E-state index >= 15 is 0 Å². The summed E-state index contributed by atoms with van der Waals surface area (Å²) >= 11 is 0. The number of nitrogens with two attached hydrogens (primary N) is 1. The van der Waals surface area contributed by atoms with Crippen molar-refractivity contribution >= 4 is 11.7 Å². The molecule has 0 aliphatic carbocycles. The molecule has 0 bridgehead atoms. The van der Waals surface area contributed by atoms with Crippen LogP contribution in [0.3, 0.4) is 0 Å². The van der Waals surface area contributed by atoms with Gasteiger partial charge in [-0.1, -0.05) is 19.1 Å². The minimum Gasteiger partial charge on any atom is -0.369 e. The van der Waals surface area contributed by atoms with Gasteiger partial charge in [-0.3, -0.25) is 14.5 Å². The van der Waals surface area contributed by atoms with Crippen molar-refractivity contribution in [2.45, 2.75) is 13.3 Å². The number of carbonyl (C=O) groups excluding carboxylic acids is 2. The molecule has 1 aromatic rings. The number of likely N-dealkylation sites (N-methyl/N-ethyl adjacent to an activating group) is 1. The lowest BCUT2D eigenvalue weighted by atomic mass is 10.1. The third kappa shape index (κ3) is 5.05. The number of hydrogen-bond acceptors (Lipinski definition) is 3. The number of primary amides is 1. The zero-order chi connectivity index (χ0) is 13.5. The summed E-state index contributed by atoms with van der Waals surface area (Å²) in [5.41, 5.74) is 5.84. The van der Waals surface area contributed by atoms with Crippen molar-refractivity contribution in [1.29, 1.82) is 0 Å². The molecular formula is C13H17FN2O2. The highest BCUT2D eigenvalue weighted by Crippen LogP contribution is 2.04. The normalized spacial score (nSPS) is 10.6. The number of benzene rings is 1. The molecule has 0 aliphatic rings. The van der Waals surface area contributed by atoms with E-state index in [0.717, 1.165) is 5.56 Å². The minimum absolute atomic E-state index is 0.0234. The number of carbonyl (C=O) groups is 2. The molecule has 0 unspecified atom stereocenters. The minimum atomic E-state index is -0.452. The monoisotopic (exact) mass is 252 g/mol. The summed E-state index contributed by atoms with van der Waals surface area (Å²) in [6.07, 6.45) is 0.232. The van der Waals surface area contributed by atoms with Crippen LogP contribution < -0.4 is 5.73 Å². The van der Waals surface area contributed by atoms with E-state index in [0.29, 0.717) is 6.54 Å². The van der Waals surface area contributed by atoms with Crippen molar-refractivity contribution in [3.63, 3.8) is 0 Å². The highest BCUT2D eigenvalue weighted by atomic mass is 19.1. The van der Waals surface area contributed by atoms with Gasteiger partial charge in [0, 0.05) is 6.42 Å². The molecule has 0 heterocycles. The number of Topliss-reactive ketones (excluding diaryl/α,β-unsaturated/α-hetero) is 1. The van der Waals surface area contributed by atoms with Gasteiger partial charge in [-0.2, -0.15) is 0 Å². The first kappa shape index (κ1) is 14.3. The number of hydrogen-bond donors (Lipinski definition) is 1. The van der Waals surface area contributed by atoms with Crippen LogP contribution in [0.2, 0.25) is 0 Å². The van der Waals surface area contributed by atoms with E-state index in [-0.39, 0.29) is 31.1 Å². The van der Waals surface area contributed by atoms with Crippen LogP contribution in [0.4, 0.5) is 4.39 Å². The van der Waals surface area contributed by atoms with Crippen LogP contribution in [0.5, 0.6) is 0 Å². The smallest absolute Gasteiger partial charge is 0.231 e. The van der Waals surface area contributed by atoms with Gasteiger partial charge in [0.25, 0.3) is 0 Å². The van der Waals surface area contributed by atoms with E-state index in [1.807, 2.05) is 6.92 Å². The molecule has 0 aromatic heterocycles. The summed E-state index contributed by atoms with van der Waals surface area (Å²) in [5.74, 6) is -0.800. The Balaban J connectivity index is 2.49. The SMILES string of the molecule is CCN(CC(N)=O)CC(=O)Cc1ccc(F)cc1. The quantitative estimate of drug-likeness (QED) is 0.778. The Morgan fingerprint density at radius 3 is 2.33 bits per heavy atom. The van der Waals surface area contributed by atoms with Gasteiger partial charge >= 0.3 is 0 Å².